The molecule has 3 heteroatoms. The molecule has 0 atom stereocenters. The van der Waals surface area contributed by atoms with Gasteiger partial charge in [-0.15, -0.1) is 0 Å². The molecule has 0 N–H and O–H groups in total. The van der Waals surface area contributed by atoms with Crippen molar-refractivity contribution in [3.05, 3.63) is 35.4 Å². The second kappa shape index (κ2) is 2.54. The van der Waals surface area contributed by atoms with Crippen LogP contribution in [0.1, 0.15) is 22.3 Å². The maximum Gasteiger partial charge on any atom is 0.165 e. The fourth-order valence-electron chi connectivity index (χ4n) is 1.49. The van der Waals surface area contributed by atoms with Gasteiger partial charge in [-0.2, -0.15) is 25.3 Å². The van der Waals surface area contributed by atoms with Gasteiger partial charge in [-0.3, -0.25) is 4.79 Å². The van der Waals surface area contributed by atoms with Crippen molar-refractivity contribution in [3.63, 3.8) is 0 Å². The van der Waals surface area contributed by atoms with Gasteiger partial charge in [0, 0.05) is 12.0 Å². The molecular formula is C9H8OS2. The van der Waals surface area contributed by atoms with Gasteiger partial charge in [0.1, 0.15) is 0 Å². The lowest BCUT2D eigenvalue weighted by molar-refractivity contribution is 0.0992. The maximum absolute atomic E-state index is 11.4. The highest BCUT2D eigenvalue weighted by atomic mass is 32.2. The lowest BCUT2D eigenvalue weighted by Crippen LogP contribution is -2.04. The largest absolute Gasteiger partial charge is 0.294 e. The molecule has 1 nitrogen and oxygen atoms in total. The molecule has 1 aliphatic carbocycles. The highest BCUT2D eigenvalue weighted by Gasteiger charge is 2.37. The lowest BCUT2D eigenvalue weighted by atomic mass is 10.1. The van der Waals surface area contributed by atoms with Crippen LogP contribution in [0.3, 0.4) is 0 Å². The Labute approximate surface area is 82.0 Å². The summed E-state index contributed by atoms with van der Waals surface area (Å²) >= 11 is 8.66. The van der Waals surface area contributed by atoms with Crippen molar-refractivity contribution in [2.45, 2.75) is 10.5 Å². The zero-order chi connectivity index (χ0) is 8.77. The third kappa shape index (κ3) is 1.08. The first-order valence-electron chi connectivity index (χ1n) is 3.69. The Kier molecular flexibility index (Phi) is 1.73. The number of hydrogen-bond acceptors (Lipinski definition) is 3. The maximum atomic E-state index is 11.4. The third-order valence-electron chi connectivity index (χ3n) is 2.07. The van der Waals surface area contributed by atoms with Gasteiger partial charge in [0.15, 0.2) is 5.78 Å². The van der Waals surface area contributed by atoms with E-state index in [0.29, 0.717) is 6.42 Å². The minimum absolute atomic E-state index is 0.135. The molecular weight excluding hydrogens is 188 g/mol. The predicted molar refractivity (Wildman–Crippen MR) is 55.0 cm³/mol. The molecule has 0 radical (unpaired) electrons. The molecule has 2 rings (SSSR count). The number of carbonyl (C=O) groups excluding carboxylic acids is 1. The molecule has 1 aliphatic rings. The summed E-state index contributed by atoms with van der Waals surface area (Å²) in [6.07, 6.45) is 0.387. The third-order valence-corrected chi connectivity index (χ3v) is 2.86. The Morgan fingerprint density at radius 3 is 2.58 bits per heavy atom. The van der Waals surface area contributed by atoms with E-state index in [0.717, 1.165) is 11.1 Å². The van der Waals surface area contributed by atoms with Gasteiger partial charge in [0.25, 0.3) is 0 Å². The van der Waals surface area contributed by atoms with Crippen LogP contribution in [0.4, 0.5) is 0 Å². The monoisotopic (exact) mass is 196 g/mol. The Morgan fingerprint density at radius 1 is 1.25 bits per heavy atom. The lowest BCUT2D eigenvalue weighted by Gasteiger charge is -2.14. The standard InChI is InChI=1S/C9H8OS2/c10-8-5-9(11,12)7-4-2-1-3-6(7)8/h1-4,11-12H,5H2. The van der Waals surface area contributed by atoms with E-state index in [9.17, 15) is 4.79 Å². The Balaban J connectivity index is 2.66. The highest BCUT2D eigenvalue weighted by molar-refractivity contribution is 7.99. The highest BCUT2D eigenvalue weighted by Crippen LogP contribution is 2.44. The van der Waals surface area contributed by atoms with Gasteiger partial charge >= 0.3 is 0 Å². The van der Waals surface area contributed by atoms with E-state index in [4.69, 9.17) is 0 Å². The average molecular weight is 196 g/mol. The number of rotatable bonds is 0. The van der Waals surface area contributed by atoms with Crippen LogP contribution in [0, 0.1) is 0 Å². The van der Waals surface area contributed by atoms with E-state index in [1.54, 1.807) is 0 Å². The van der Waals surface area contributed by atoms with E-state index in [1.165, 1.54) is 0 Å². The summed E-state index contributed by atoms with van der Waals surface area (Å²) in [7, 11) is 0. The zero-order valence-electron chi connectivity index (χ0n) is 6.32. The summed E-state index contributed by atoms with van der Waals surface area (Å²) in [4.78, 5) is 11.4. The second-order valence-electron chi connectivity index (χ2n) is 2.96. The van der Waals surface area contributed by atoms with Gasteiger partial charge in [-0.25, -0.2) is 0 Å². The van der Waals surface area contributed by atoms with Gasteiger partial charge in [-0.05, 0) is 5.56 Å². The van der Waals surface area contributed by atoms with Crippen molar-refractivity contribution in [1.82, 2.24) is 0 Å². The minimum atomic E-state index is -0.562. The van der Waals surface area contributed by atoms with Crippen molar-refractivity contribution in [1.29, 1.82) is 0 Å². The number of hydrogen-bond donors (Lipinski definition) is 2. The summed E-state index contributed by atoms with van der Waals surface area (Å²) in [6, 6.07) is 7.49. The molecule has 0 unspecified atom stereocenters. The van der Waals surface area contributed by atoms with Gasteiger partial charge < -0.3 is 0 Å². The SMILES string of the molecule is O=C1CC(S)(S)c2ccccc21. The van der Waals surface area contributed by atoms with Crippen molar-refractivity contribution >= 4 is 31.0 Å². The number of carbonyl (C=O) groups is 1. The van der Waals surface area contributed by atoms with E-state index in [1.807, 2.05) is 24.3 Å². The minimum Gasteiger partial charge on any atom is -0.294 e. The first-order valence-corrected chi connectivity index (χ1v) is 4.58. The average Bonchev–Trinajstić information content (AvgIpc) is 2.25. The molecule has 0 aliphatic heterocycles. The fraction of sp³-hybridized carbons (Fsp3) is 0.222. The van der Waals surface area contributed by atoms with Crippen LogP contribution in [0.2, 0.25) is 0 Å². The molecule has 0 saturated carbocycles. The molecule has 0 fully saturated rings. The van der Waals surface area contributed by atoms with E-state index < -0.39 is 4.08 Å². The van der Waals surface area contributed by atoms with Crippen LogP contribution in [0.25, 0.3) is 0 Å². The number of Topliss-reactive ketones (excluding diaryl/α,β-unsaturated/α-hetero) is 1. The van der Waals surface area contributed by atoms with E-state index in [-0.39, 0.29) is 5.78 Å². The van der Waals surface area contributed by atoms with Crippen molar-refractivity contribution in [3.8, 4) is 0 Å². The van der Waals surface area contributed by atoms with Crippen LogP contribution in [-0.2, 0) is 4.08 Å². The quantitative estimate of drug-likeness (QED) is 0.481. The van der Waals surface area contributed by atoms with Crippen molar-refractivity contribution in [2.24, 2.45) is 0 Å². The van der Waals surface area contributed by atoms with Crippen LogP contribution in [0.5, 0.6) is 0 Å². The van der Waals surface area contributed by atoms with Crippen molar-refractivity contribution in [2.75, 3.05) is 0 Å². The van der Waals surface area contributed by atoms with E-state index in [2.05, 4.69) is 25.3 Å². The zero-order valence-corrected chi connectivity index (χ0v) is 8.11. The van der Waals surface area contributed by atoms with Gasteiger partial charge in [0.2, 0.25) is 0 Å². The molecule has 0 amide bonds. The van der Waals surface area contributed by atoms with Gasteiger partial charge in [-0.1, -0.05) is 24.3 Å². The summed E-state index contributed by atoms with van der Waals surface area (Å²) < 4.78 is -0.562. The molecule has 12 heavy (non-hydrogen) atoms. The molecule has 0 bridgehead atoms. The molecule has 1 aromatic rings. The second-order valence-corrected chi connectivity index (χ2v) is 4.84. The Hall–Kier alpha value is -0.410. The van der Waals surface area contributed by atoms with Crippen molar-refractivity contribution < 1.29 is 4.79 Å². The molecule has 0 saturated heterocycles. The predicted octanol–water partition coefficient (Wildman–Crippen LogP) is 2.29. The molecule has 0 heterocycles. The first-order chi connectivity index (χ1) is 5.61. The fourth-order valence-corrected chi connectivity index (χ4v) is 2.17. The molecule has 0 aromatic heterocycles. The summed E-state index contributed by atoms with van der Waals surface area (Å²) in [6.45, 7) is 0. The van der Waals surface area contributed by atoms with Crippen LogP contribution in [-0.4, -0.2) is 5.78 Å². The first kappa shape index (κ1) is 8.20. The smallest absolute Gasteiger partial charge is 0.165 e. The van der Waals surface area contributed by atoms with Crippen LogP contribution in [0.15, 0.2) is 24.3 Å². The molecule has 0 spiro atoms. The van der Waals surface area contributed by atoms with Crippen LogP contribution >= 0.6 is 25.3 Å². The topological polar surface area (TPSA) is 17.1 Å². The van der Waals surface area contributed by atoms with Crippen LogP contribution < -0.4 is 0 Å². The van der Waals surface area contributed by atoms with E-state index >= 15 is 0 Å². The normalized spacial score (nSPS) is 19.3. The summed E-state index contributed by atoms with van der Waals surface area (Å²) in [5.41, 5.74) is 1.70. The summed E-state index contributed by atoms with van der Waals surface area (Å²) in [5, 5.41) is 0. The Bertz CT molecular complexity index is 344. The van der Waals surface area contributed by atoms with Gasteiger partial charge in [0.05, 0.1) is 4.08 Å². The number of thiol groups is 2. The number of fused-ring (bicyclic) bond motifs is 1. The summed E-state index contributed by atoms with van der Waals surface area (Å²) in [5.74, 6) is 0.135. The molecule has 62 valence electrons. The molecule has 1 aromatic carbocycles. The number of ketones is 1. The number of benzene rings is 1. The Morgan fingerprint density at radius 2 is 1.92 bits per heavy atom.